The number of rotatable bonds is 2. The summed E-state index contributed by atoms with van der Waals surface area (Å²) in [6.45, 7) is 1.91. The summed E-state index contributed by atoms with van der Waals surface area (Å²) in [6, 6.07) is 0.409. The largest absolute Gasteiger partial charge is 0.322 e. The molecule has 1 aromatic heterocycles. The Balaban J connectivity index is 2.23. The minimum atomic E-state index is -0.0735. The van der Waals surface area contributed by atoms with Crippen LogP contribution in [0.25, 0.3) is 0 Å². The van der Waals surface area contributed by atoms with Gasteiger partial charge in [0, 0.05) is 0 Å². The van der Waals surface area contributed by atoms with Gasteiger partial charge in [0.2, 0.25) is 0 Å². The molecule has 0 spiro atoms. The van der Waals surface area contributed by atoms with Gasteiger partial charge >= 0.3 is 0 Å². The van der Waals surface area contributed by atoms with Crippen molar-refractivity contribution >= 4 is 0 Å². The Morgan fingerprint density at radius 3 is 2.77 bits per heavy atom. The standard InChI is InChI=1S/C8H15N5/c1-6(9)8-10-11-12-13(8)7-4-2-3-5-7/h6-7H,2-5,9H2,1H3. The third-order valence-electron chi connectivity index (χ3n) is 2.60. The molecule has 1 saturated carbocycles. The molecule has 1 atom stereocenters. The van der Waals surface area contributed by atoms with Crippen molar-refractivity contribution in [3.8, 4) is 0 Å². The number of nitrogens with zero attached hydrogens (tertiary/aromatic N) is 4. The molecule has 0 saturated heterocycles. The highest BCUT2D eigenvalue weighted by Gasteiger charge is 2.22. The van der Waals surface area contributed by atoms with Crippen LogP contribution in [-0.2, 0) is 0 Å². The summed E-state index contributed by atoms with van der Waals surface area (Å²) in [5, 5.41) is 11.6. The molecular formula is C8H15N5. The van der Waals surface area contributed by atoms with Gasteiger partial charge in [0.1, 0.15) is 0 Å². The monoisotopic (exact) mass is 181 g/mol. The minimum Gasteiger partial charge on any atom is -0.322 e. The van der Waals surface area contributed by atoms with E-state index >= 15 is 0 Å². The highest BCUT2D eigenvalue weighted by molar-refractivity contribution is 4.91. The van der Waals surface area contributed by atoms with Crippen molar-refractivity contribution in [2.75, 3.05) is 0 Å². The Hall–Kier alpha value is -0.970. The average molecular weight is 181 g/mol. The zero-order valence-corrected chi connectivity index (χ0v) is 7.85. The van der Waals surface area contributed by atoms with E-state index in [4.69, 9.17) is 5.73 Å². The van der Waals surface area contributed by atoms with Crippen LogP contribution in [0.2, 0.25) is 0 Å². The zero-order chi connectivity index (χ0) is 9.26. The molecule has 13 heavy (non-hydrogen) atoms. The summed E-state index contributed by atoms with van der Waals surface area (Å²) in [7, 11) is 0. The molecule has 1 heterocycles. The van der Waals surface area contributed by atoms with Crippen LogP contribution in [0.1, 0.15) is 50.5 Å². The lowest BCUT2D eigenvalue weighted by molar-refractivity contribution is 0.428. The zero-order valence-electron chi connectivity index (χ0n) is 7.85. The van der Waals surface area contributed by atoms with Crippen molar-refractivity contribution in [2.45, 2.75) is 44.7 Å². The summed E-state index contributed by atoms with van der Waals surface area (Å²) in [6.07, 6.45) is 4.93. The Labute approximate surface area is 77.3 Å². The first-order chi connectivity index (χ1) is 6.29. The Morgan fingerprint density at radius 2 is 2.15 bits per heavy atom. The first-order valence-corrected chi connectivity index (χ1v) is 4.82. The molecule has 1 unspecified atom stereocenters. The Morgan fingerprint density at radius 1 is 1.46 bits per heavy atom. The van der Waals surface area contributed by atoms with Crippen molar-refractivity contribution in [1.82, 2.24) is 20.2 Å². The number of tetrazole rings is 1. The van der Waals surface area contributed by atoms with Crippen LogP contribution in [0.5, 0.6) is 0 Å². The van der Waals surface area contributed by atoms with Gasteiger partial charge in [0.25, 0.3) is 0 Å². The fourth-order valence-electron chi connectivity index (χ4n) is 1.91. The summed E-state index contributed by atoms with van der Waals surface area (Å²) in [4.78, 5) is 0. The quantitative estimate of drug-likeness (QED) is 0.733. The van der Waals surface area contributed by atoms with Gasteiger partial charge in [-0.15, -0.1) is 5.10 Å². The molecule has 72 valence electrons. The first-order valence-electron chi connectivity index (χ1n) is 4.82. The highest BCUT2D eigenvalue weighted by Crippen LogP contribution is 2.29. The van der Waals surface area contributed by atoms with E-state index in [0.717, 1.165) is 5.82 Å². The third kappa shape index (κ3) is 1.56. The van der Waals surface area contributed by atoms with Gasteiger partial charge in [-0.2, -0.15) is 0 Å². The van der Waals surface area contributed by atoms with Gasteiger partial charge in [0.15, 0.2) is 5.82 Å². The van der Waals surface area contributed by atoms with E-state index in [-0.39, 0.29) is 6.04 Å². The smallest absolute Gasteiger partial charge is 0.167 e. The van der Waals surface area contributed by atoms with E-state index < -0.39 is 0 Å². The average Bonchev–Trinajstić information content (AvgIpc) is 2.74. The SMILES string of the molecule is CC(N)c1nnnn1C1CCCC1. The Kier molecular flexibility index (Phi) is 2.26. The molecule has 0 radical (unpaired) electrons. The number of hydrogen-bond acceptors (Lipinski definition) is 4. The first kappa shape index (κ1) is 8.62. The number of aromatic nitrogens is 4. The fourth-order valence-corrected chi connectivity index (χ4v) is 1.91. The van der Waals surface area contributed by atoms with Crippen LogP contribution >= 0.6 is 0 Å². The van der Waals surface area contributed by atoms with Gasteiger partial charge in [-0.25, -0.2) is 4.68 Å². The molecule has 2 rings (SSSR count). The molecule has 1 aromatic rings. The summed E-state index contributed by atoms with van der Waals surface area (Å²) >= 11 is 0. The topological polar surface area (TPSA) is 69.6 Å². The van der Waals surface area contributed by atoms with Crippen molar-refractivity contribution in [1.29, 1.82) is 0 Å². The van der Waals surface area contributed by atoms with Gasteiger partial charge < -0.3 is 5.73 Å². The van der Waals surface area contributed by atoms with Crippen LogP contribution in [0.15, 0.2) is 0 Å². The fraction of sp³-hybridized carbons (Fsp3) is 0.875. The molecule has 0 aliphatic heterocycles. The van der Waals surface area contributed by atoms with Gasteiger partial charge in [-0.1, -0.05) is 12.8 Å². The summed E-state index contributed by atoms with van der Waals surface area (Å²) in [5.41, 5.74) is 5.76. The third-order valence-corrected chi connectivity index (χ3v) is 2.60. The van der Waals surface area contributed by atoms with Crippen molar-refractivity contribution < 1.29 is 0 Å². The van der Waals surface area contributed by atoms with E-state index in [1.54, 1.807) is 0 Å². The number of nitrogens with two attached hydrogens (primary N) is 1. The maximum atomic E-state index is 5.76. The summed E-state index contributed by atoms with van der Waals surface area (Å²) in [5.74, 6) is 0.812. The van der Waals surface area contributed by atoms with Gasteiger partial charge in [0.05, 0.1) is 12.1 Å². The van der Waals surface area contributed by atoms with Crippen molar-refractivity contribution in [3.63, 3.8) is 0 Å². The highest BCUT2D eigenvalue weighted by atomic mass is 15.6. The number of hydrogen-bond donors (Lipinski definition) is 1. The van der Waals surface area contributed by atoms with Crippen molar-refractivity contribution in [2.24, 2.45) is 5.73 Å². The lowest BCUT2D eigenvalue weighted by Gasteiger charge is -2.12. The maximum Gasteiger partial charge on any atom is 0.167 e. The normalized spacial score (nSPS) is 20.8. The molecule has 1 aliphatic rings. The predicted molar refractivity (Wildman–Crippen MR) is 47.9 cm³/mol. The Bertz CT molecular complexity index is 274. The van der Waals surface area contributed by atoms with E-state index in [1.165, 1.54) is 25.7 Å². The van der Waals surface area contributed by atoms with Gasteiger partial charge in [-0.05, 0) is 30.2 Å². The molecule has 5 heteroatoms. The molecule has 0 amide bonds. The molecular weight excluding hydrogens is 166 g/mol. The van der Waals surface area contributed by atoms with Crippen molar-refractivity contribution in [3.05, 3.63) is 5.82 Å². The van der Waals surface area contributed by atoms with Crippen LogP contribution in [0.4, 0.5) is 0 Å². The van der Waals surface area contributed by atoms with E-state index in [1.807, 2.05) is 11.6 Å². The van der Waals surface area contributed by atoms with Crippen LogP contribution in [0, 0.1) is 0 Å². The van der Waals surface area contributed by atoms with Crippen LogP contribution < -0.4 is 5.73 Å². The minimum absolute atomic E-state index is 0.0735. The lowest BCUT2D eigenvalue weighted by Crippen LogP contribution is -2.17. The lowest BCUT2D eigenvalue weighted by atomic mass is 10.2. The molecule has 1 aliphatic carbocycles. The molecule has 0 aromatic carbocycles. The van der Waals surface area contributed by atoms with Crippen LogP contribution in [0.3, 0.4) is 0 Å². The second kappa shape index (κ2) is 3.41. The second-order valence-corrected chi connectivity index (χ2v) is 3.71. The maximum absolute atomic E-state index is 5.76. The predicted octanol–water partition coefficient (Wildman–Crippen LogP) is 0.808. The molecule has 1 fully saturated rings. The molecule has 5 nitrogen and oxygen atoms in total. The van der Waals surface area contributed by atoms with E-state index in [2.05, 4.69) is 15.5 Å². The van der Waals surface area contributed by atoms with E-state index in [0.29, 0.717) is 6.04 Å². The summed E-state index contributed by atoms with van der Waals surface area (Å²) < 4.78 is 1.90. The van der Waals surface area contributed by atoms with E-state index in [9.17, 15) is 0 Å². The molecule has 2 N–H and O–H groups in total. The van der Waals surface area contributed by atoms with Crippen LogP contribution in [-0.4, -0.2) is 20.2 Å². The molecule has 0 bridgehead atoms. The second-order valence-electron chi connectivity index (χ2n) is 3.71. The van der Waals surface area contributed by atoms with Gasteiger partial charge in [-0.3, -0.25) is 0 Å².